The Hall–Kier alpha value is -0.170. The number of nitrogens with two attached hydrogens (primary N) is 2. The molecule has 0 atom stereocenters. The molecule has 0 amide bonds. The summed E-state index contributed by atoms with van der Waals surface area (Å²) in [7, 11) is -3.67. The van der Waals surface area contributed by atoms with Crippen LogP contribution in [0.25, 0.3) is 0 Å². The Bertz CT molecular complexity index is 260. The summed E-state index contributed by atoms with van der Waals surface area (Å²) in [5.41, 5.74) is 5.42. The molecule has 0 aromatic heterocycles. The van der Waals surface area contributed by atoms with Gasteiger partial charge in [0.1, 0.15) is 0 Å². The van der Waals surface area contributed by atoms with E-state index in [1.54, 1.807) is 6.92 Å². The highest BCUT2D eigenvalue weighted by Gasteiger charge is 1.95. The number of hydrogen-bond donors (Lipinski definition) is 2. The third-order valence-corrected chi connectivity index (χ3v) is 3.40. The van der Waals surface area contributed by atoms with E-state index in [1.807, 2.05) is 0 Å². The zero-order valence-electron chi connectivity index (χ0n) is 13.3. The van der Waals surface area contributed by atoms with Gasteiger partial charge in [0.2, 0.25) is 0 Å². The van der Waals surface area contributed by atoms with Crippen molar-refractivity contribution in [1.29, 1.82) is 0 Å². The molecule has 0 saturated heterocycles. The van der Waals surface area contributed by atoms with Crippen LogP contribution < -0.4 is 10.9 Å². The lowest BCUT2D eigenvalue weighted by atomic mass is 10.1. The second-order valence-electron chi connectivity index (χ2n) is 4.87. The minimum Gasteiger partial charge on any atom is -0.330 e. The molecule has 0 aromatic rings. The molecule has 0 unspecified atom stereocenters. The third kappa shape index (κ3) is 26.4. The van der Waals surface area contributed by atoms with Gasteiger partial charge in [0.15, 0.2) is 0 Å². The molecule has 0 aliphatic heterocycles. The SMILES string of the molecule is CCCCCCCCCCCCN.CCOS(N)(=O)=O. The van der Waals surface area contributed by atoms with Crippen LogP contribution in [0.2, 0.25) is 0 Å². The van der Waals surface area contributed by atoms with Crippen molar-refractivity contribution in [2.45, 2.75) is 78.1 Å². The summed E-state index contributed by atoms with van der Waals surface area (Å²) in [5.74, 6) is 0. The summed E-state index contributed by atoms with van der Waals surface area (Å²) in [6.07, 6.45) is 13.9. The van der Waals surface area contributed by atoms with E-state index in [1.165, 1.54) is 64.2 Å². The monoisotopic (exact) mass is 310 g/mol. The van der Waals surface area contributed by atoms with Crippen molar-refractivity contribution < 1.29 is 12.6 Å². The first kappa shape index (κ1) is 22.1. The Morgan fingerprint density at radius 3 is 1.45 bits per heavy atom. The van der Waals surface area contributed by atoms with Gasteiger partial charge in [0, 0.05) is 0 Å². The van der Waals surface area contributed by atoms with E-state index in [0.717, 1.165) is 6.54 Å². The molecule has 0 aliphatic rings. The fraction of sp³-hybridized carbons (Fsp3) is 1.00. The Morgan fingerprint density at radius 2 is 1.20 bits per heavy atom. The number of hydrogen-bond acceptors (Lipinski definition) is 4. The van der Waals surface area contributed by atoms with Crippen molar-refractivity contribution in [3.8, 4) is 0 Å². The van der Waals surface area contributed by atoms with E-state index in [-0.39, 0.29) is 6.61 Å². The lowest BCUT2D eigenvalue weighted by Gasteiger charge is -2.00. The van der Waals surface area contributed by atoms with Gasteiger partial charge in [-0.25, -0.2) is 5.14 Å². The summed E-state index contributed by atoms with van der Waals surface area (Å²) in [6, 6.07) is 0. The standard InChI is InChI=1S/C12H27N.C2H7NO3S/c1-2-3-4-5-6-7-8-9-10-11-12-13;1-2-6-7(3,4)5/h2-13H2,1H3;2H2,1H3,(H2,3,4,5). The maximum absolute atomic E-state index is 9.79. The van der Waals surface area contributed by atoms with Crippen LogP contribution in [0, 0.1) is 0 Å². The van der Waals surface area contributed by atoms with Gasteiger partial charge in [-0.1, -0.05) is 64.7 Å². The van der Waals surface area contributed by atoms with Crippen molar-refractivity contribution in [3.05, 3.63) is 0 Å². The van der Waals surface area contributed by atoms with E-state index in [4.69, 9.17) is 5.73 Å². The molecular weight excluding hydrogens is 276 g/mol. The largest absolute Gasteiger partial charge is 0.333 e. The predicted molar refractivity (Wildman–Crippen MR) is 85.6 cm³/mol. The van der Waals surface area contributed by atoms with Crippen LogP contribution in [0.5, 0.6) is 0 Å². The Kier molecular flexibility index (Phi) is 18.7. The van der Waals surface area contributed by atoms with Crippen LogP contribution in [0.15, 0.2) is 0 Å². The van der Waals surface area contributed by atoms with Crippen molar-refractivity contribution in [3.63, 3.8) is 0 Å². The van der Waals surface area contributed by atoms with Crippen LogP contribution >= 0.6 is 0 Å². The Morgan fingerprint density at radius 1 is 0.800 bits per heavy atom. The minimum absolute atomic E-state index is 0.0961. The number of rotatable bonds is 12. The second-order valence-corrected chi connectivity index (χ2v) is 6.09. The van der Waals surface area contributed by atoms with Gasteiger partial charge < -0.3 is 5.73 Å². The molecule has 0 fully saturated rings. The first-order valence-electron chi connectivity index (χ1n) is 7.85. The predicted octanol–water partition coefficient (Wildman–Crippen LogP) is 3.09. The highest BCUT2D eigenvalue weighted by Crippen LogP contribution is 2.09. The van der Waals surface area contributed by atoms with Crippen molar-refractivity contribution >= 4 is 10.3 Å². The molecule has 4 N–H and O–H groups in total. The van der Waals surface area contributed by atoms with Gasteiger partial charge in [-0.3, -0.25) is 4.18 Å². The molecule has 6 heteroatoms. The fourth-order valence-electron chi connectivity index (χ4n) is 1.80. The molecule has 0 saturated carbocycles. The van der Waals surface area contributed by atoms with Crippen LogP contribution in [0.1, 0.15) is 78.1 Å². The van der Waals surface area contributed by atoms with Crippen LogP contribution in [-0.2, 0) is 14.5 Å². The maximum Gasteiger partial charge on any atom is 0.333 e. The first-order valence-corrected chi connectivity index (χ1v) is 9.32. The molecule has 0 radical (unpaired) electrons. The van der Waals surface area contributed by atoms with Gasteiger partial charge in [-0.2, -0.15) is 8.42 Å². The second kappa shape index (κ2) is 16.9. The van der Waals surface area contributed by atoms with Gasteiger partial charge in [0.05, 0.1) is 6.61 Å². The molecule has 20 heavy (non-hydrogen) atoms. The molecule has 5 nitrogen and oxygen atoms in total. The molecule has 0 aromatic carbocycles. The van der Waals surface area contributed by atoms with E-state index in [2.05, 4.69) is 16.2 Å². The fourth-order valence-corrected chi connectivity index (χ4v) is 2.12. The average molecular weight is 311 g/mol. The first-order chi connectivity index (χ1) is 9.47. The third-order valence-electron chi connectivity index (χ3n) is 2.84. The van der Waals surface area contributed by atoms with Gasteiger partial charge in [-0.15, -0.1) is 0 Å². The Labute approximate surface area is 125 Å². The van der Waals surface area contributed by atoms with Crippen LogP contribution in [-0.4, -0.2) is 21.6 Å². The smallest absolute Gasteiger partial charge is 0.330 e. The summed E-state index contributed by atoms with van der Waals surface area (Å²) < 4.78 is 23.6. The van der Waals surface area contributed by atoms with E-state index in [0.29, 0.717) is 0 Å². The lowest BCUT2D eigenvalue weighted by Crippen LogP contribution is -2.15. The molecule has 0 bridgehead atoms. The molecular formula is C14H34N2O3S. The minimum atomic E-state index is -3.67. The van der Waals surface area contributed by atoms with Crippen LogP contribution in [0.3, 0.4) is 0 Å². The highest BCUT2D eigenvalue weighted by molar-refractivity contribution is 7.84. The van der Waals surface area contributed by atoms with Gasteiger partial charge in [0.25, 0.3) is 0 Å². The summed E-state index contributed by atoms with van der Waals surface area (Å²) >= 11 is 0. The topological polar surface area (TPSA) is 95.4 Å². The van der Waals surface area contributed by atoms with E-state index < -0.39 is 10.3 Å². The van der Waals surface area contributed by atoms with Crippen molar-refractivity contribution in [1.82, 2.24) is 0 Å². The summed E-state index contributed by atoms with van der Waals surface area (Å²) in [6.45, 7) is 4.78. The van der Waals surface area contributed by atoms with Crippen LogP contribution in [0.4, 0.5) is 0 Å². The average Bonchev–Trinajstić information content (AvgIpc) is 2.36. The Balaban J connectivity index is 0. The van der Waals surface area contributed by atoms with E-state index in [9.17, 15) is 8.42 Å². The lowest BCUT2D eigenvalue weighted by molar-refractivity contribution is 0.339. The van der Waals surface area contributed by atoms with Crippen molar-refractivity contribution in [2.24, 2.45) is 10.9 Å². The quantitative estimate of drug-likeness (QED) is 0.541. The van der Waals surface area contributed by atoms with Gasteiger partial charge >= 0.3 is 10.3 Å². The molecule has 0 heterocycles. The molecule has 0 aliphatic carbocycles. The van der Waals surface area contributed by atoms with Gasteiger partial charge in [-0.05, 0) is 19.9 Å². The molecule has 124 valence electrons. The molecule has 0 spiro atoms. The van der Waals surface area contributed by atoms with Crippen molar-refractivity contribution in [2.75, 3.05) is 13.2 Å². The summed E-state index contributed by atoms with van der Waals surface area (Å²) in [5, 5.41) is 4.40. The van der Waals surface area contributed by atoms with E-state index >= 15 is 0 Å². The number of unbranched alkanes of at least 4 members (excludes halogenated alkanes) is 9. The highest BCUT2D eigenvalue weighted by atomic mass is 32.2. The zero-order valence-corrected chi connectivity index (χ0v) is 14.1. The molecule has 0 rings (SSSR count). The maximum atomic E-state index is 9.79. The normalized spacial score (nSPS) is 11.0. The summed E-state index contributed by atoms with van der Waals surface area (Å²) in [4.78, 5) is 0. The zero-order chi connectivity index (χ0) is 15.7.